The van der Waals surface area contributed by atoms with Gasteiger partial charge < -0.3 is 11.1 Å². The molecule has 0 amide bonds. The zero-order valence-electron chi connectivity index (χ0n) is 9.88. The predicted octanol–water partition coefficient (Wildman–Crippen LogP) is 0.151. The largest absolute Gasteiger partial charge is 0.357 e. The van der Waals surface area contributed by atoms with Crippen LogP contribution < -0.4 is 11.1 Å². The highest BCUT2D eigenvalue weighted by molar-refractivity contribution is 5.01. The normalized spacial score (nSPS) is 47.4. The summed E-state index contributed by atoms with van der Waals surface area (Å²) in [6.07, 6.45) is 10.6. The lowest BCUT2D eigenvalue weighted by molar-refractivity contribution is -0.740. The first-order chi connectivity index (χ1) is 7.30. The minimum atomic E-state index is 0.698. The Balaban J connectivity index is 1.65. The first kappa shape index (κ1) is 10.1. The van der Waals surface area contributed by atoms with Crippen LogP contribution in [0.15, 0.2) is 0 Å². The van der Waals surface area contributed by atoms with Crippen molar-refractivity contribution in [1.82, 2.24) is 0 Å². The summed E-state index contributed by atoms with van der Waals surface area (Å²) in [5, 5.41) is 2.71. The van der Waals surface area contributed by atoms with Gasteiger partial charge in [-0.15, -0.1) is 0 Å². The SMILES string of the molecule is [NH3+]CCC[NH2+]C12CC3CC(CC(C3)C1)C2. The standard InChI is InChI=1S/C13H24N2/c14-2-1-3-15-13-7-10-4-11(8-13)6-12(5-10)9-13/h10-12,15H,1-9,14H2/p+2. The van der Waals surface area contributed by atoms with Crippen LogP contribution in [-0.2, 0) is 0 Å². The Hall–Kier alpha value is -0.0800. The maximum atomic E-state index is 3.95. The molecule has 2 heteroatoms. The van der Waals surface area contributed by atoms with Gasteiger partial charge in [-0.3, -0.25) is 0 Å². The Labute approximate surface area is 93.0 Å². The van der Waals surface area contributed by atoms with E-state index in [9.17, 15) is 0 Å². The van der Waals surface area contributed by atoms with Crippen molar-refractivity contribution in [3.05, 3.63) is 0 Å². The highest BCUT2D eigenvalue weighted by atomic mass is 15.0. The van der Waals surface area contributed by atoms with Gasteiger partial charge in [-0.1, -0.05) is 0 Å². The highest BCUT2D eigenvalue weighted by Gasteiger charge is 2.53. The average Bonchev–Trinajstić information content (AvgIpc) is 2.15. The van der Waals surface area contributed by atoms with Gasteiger partial charge >= 0.3 is 0 Å². The number of hydrogen-bond donors (Lipinski definition) is 2. The van der Waals surface area contributed by atoms with E-state index in [-0.39, 0.29) is 0 Å². The first-order valence-corrected chi connectivity index (χ1v) is 6.93. The second-order valence-electron chi connectivity index (χ2n) is 6.48. The third-order valence-electron chi connectivity index (χ3n) is 5.12. The molecule has 0 aromatic heterocycles. The average molecular weight is 210 g/mol. The minimum Gasteiger partial charge on any atom is -0.357 e. The van der Waals surface area contributed by atoms with Crippen LogP contribution in [0.2, 0.25) is 0 Å². The highest BCUT2D eigenvalue weighted by Crippen LogP contribution is 2.54. The van der Waals surface area contributed by atoms with E-state index in [2.05, 4.69) is 11.1 Å². The van der Waals surface area contributed by atoms with Crippen LogP contribution in [-0.4, -0.2) is 18.6 Å². The minimum absolute atomic E-state index is 0.698. The Kier molecular flexibility index (Phi) is 2.52. The third kappa shape index (κ3) is 1.83. The zero-order chi connectivity index (χ0) is 10.3. The lowest BCUT2D eigenvalue weighted by Gasteiger charge is -2.54. The fraction of sp³-hybridized carbons (Fsp3) is 1.00. The van der Waals surface area contributed by atoms with Gasteiger partial charge in [0.15, 0.2) is 0 Å². The lowest BCUT2D eigenvalue weighted by Crippen LogP contribution is -2.99. The van der Waals surface area contributed by atoms with Crippen molar-refractivity contribution in [2.45, 2.75) is 50.5 Å². The summed E-state index contributed by atoms with van der Waals surface area (Å²) in [7, 11) is 0. The molecule has 0 unspecified atom stereocenters. The van der Waals surface area contributed by atoms with E-state index >= 15 is 0 Å². The summed E-state index contributed by atoms with van der Waals surface area (Å²) in [5.74, 6) is 3.31. The van der Waals surface area contributed by atoms with E-state index in [0.29, 0.717) is 5.54 Å². The van der Waals surface area contributed by atoms with Gasteiger partial charge in [-0.05, 0) is 37.0 Å². The third-order valence-corrected chi connectivity index (χ3v) is 5.12. The fourth-order valence-corrected chi connectivity index (χ4v) is 4.98. The molecule has 5 N–H and O–H groups in total. The van der Waals surface area contributed by atoms with Crippen LogP contribution in [0.3, 0.4) is 0 Å². The summed E-state index contributed by atoms with van der Waals surface area (Å²) in [6.45, 7) is 2.44. The Morgan fingerprint density at radius 2 is 1.53 bits per heavy atom. The maximum absolute atomic E-state index is 3.95. The van der Waals surface area contributed by atoms with Crippen molar-refractivity contribution in [2.24, 2.45) is 17.8 Å². The molecule has 4 rings (SSSR count). The van der Waals surface area contributed by atoms with Gasteiger partial charge in [-0.25, -0.2) is 0 Å². The summed E-state index contributed by atoms with van der Waals surface area (Å²) in [6, 6.07) is 0. The zero-order valence-corrected chi connectivity index (χ0v) is 9.88. The number of quaternary nitrogens is 2. The molecule has 15 heavy (non-hydrogen) atoms. The summed E-state index contributed by atoms with van der Waals surface area (Å²) < 4.78 is 0. The Bertz CT molecular complexity index is 201. The molecular formula is C13H26N2+2. The molecule has 0 aromatic carbocycles. The van der Waals surface area contributed by atoms with Gasteiger partial charge in [0.1, 0.15) is 0 Å². The van der Waals surface area contributed by atoms with Crippen molar-refractivity contribution >= 4 is 0 Å². The van der Waals surface area contributed by atoms with Crippen LogP contribution >= 0.6 is 0 Å². The molecule has 4 aliphatic carbocycles. The molecule has 0 radical (unpaired) electrons. The van der Waals surface area contributed by atoms with Crippen LogP contribution in [0.4, 0.5) is 0 Å². The molecule has 4 fully saturated rings. The molecule has 4 saturated carbocycles. The topological polar surface area (TPSA) is 44.2 Å². The van der Waals surface area contributed by atoms with Crippen molar-refractivity contribution in [3.63, 3.8) is 0 Å². The molecular weight excluding hydrogens is 184 g/mol. The lowest BCUT2D eigenvalue weighted by atomic mass is 9.53. The molecule has 0 spiro atoms. The molecule has 0 atom stereocenters. The molecule has 0 aromatic rings. The van der Waals surface area contributed by atoms with Gasteiger partial charge in [0.05, 0.1) is 18.6 Å². The maximum Gasteiger partial charge on any atom is 0.0969 e. The predicted molar refractivity (Wildman–Crippen MR) is 60.1 cm³/mol. The molecule has 4 aliphatic rings. The van der Waals surface area contributed by atoms with Crippen LogP contribution in [0.5, 0.6) is 0 Å². The van der Waals surface area contributed by atoms with Crippen molar-refractivity contribution in [1.29, 1.82) is 0 Å². The second-order valence-corrected chi connectivity index (χ2v) is 6.48. The van der Waals surface area contributed by atoms with Gasteiger partial charge in [0.25, 0.3) is 0 Å². The fourth-order valence-electron chi connectivity index (χ4n) is 4.98. The summed E-state index contributed by atoms with van der Waals surface area (Å²) >= 11 is 0. The summed E-state index contributed by atoms with van der Waals surface area (Å²) in [5.41, 5.74) is 4.65. The van der Waals surface area contributed by atoms with Crippen molar-refractivity contribution in [2.75, 3.05) is 13.1 Å². The summed E-state index contributed by atoms with van der Waals surface area (Å²) in [4.78, 5) is 0. The van der Waals surface area contributed by atoms with E-state index in [4.69, 9.17) is 0 Å². The van der Waals surface area contributed by atoms with Gasteiger partial charge in [-0.2, -0.15) is 0 Å². The number of nitrogens with two attached hydrogens (primary N) is 1. The molecule has 0 saturated heterocycles. The van der Waals surface area contributed by atoms with Crippen LogP contribution in [0.25, 0.3) is 0 Å². The number of hydrogen-bond acceptors (Lipinski definition) is 0. The van der Waals surface area contributed by atoms with E-state index < -0.39 is 0 Å². The monoisotopic (exact) mass is 210 g/mol. The molecule has 0 aliphatic heterocycles. The van der Waals surface area contributed by atoms with Crippen LogP contribution in [0.1, 0.15) is 44.9 Å². The van der Waals surface area contributed by atoms with Gasteiger partial charge in [0.2, 0.25) is 0 Å². The van der Waals surface area contributed by atoms with Gasteiger partial charge in [0, 0.05) is 25.7 Å². The number of rotatable bonds is 4. The first-order valence-electron chi connectivity index (χ1n) is 6.93. The quantitative estimate of drug-likeness (QED) is 0.621. The van der Waals surface area contributed by atoms with Crippen molar-refractivity contribution in [3.8, 4) is 0 Å². The Morgan fingerprint density at radius 3 is 2.00 bits per heavy atom. The molecule has 86 valence electrons. The van der Waals surface area contributed by atoms with Crippen molar-refractivity contribution < 1.29 is 11.1 Å². The molecule has 0 heterocycles. The van der Waals surface area contributed by atoms with E-state index in [0.717, 1.165) is 24.3 Å². The smallest absolute Gasteiger partial charge is 0.0969 e. The Morgan fingerprint density at radius 1 is 1.00 bits per heavy atom. The van der Waals surface area contributed by atoms with E-state index in [1.165, 1.54) is 32.2 Å². The second kappa shape index (κ2) is 3.74. The van der Waals surface area contributed by atoms with Crippen LogP contribution in [0, 0.1) is 17.8 Å². The van der Waals surface area contributed by atoms with E-state index in [1.807, 2.05) is 0 Å². The van der Waals surface area contributed by atoms with E-state index in [1.54, 1.807) is 19.3 Å². The molecule has 2 nitrogen and oxygen atoms in total. The molecule has 4 bridgehead atoms.